The van der Waals surface area contributed by atoms with Crippen LogP contribution < -0.4 is 36.9 Å². The molecule has 1 atom stereocenters. The van der Waals surface area contributed by atoms with Crippen molar-refractivity contribution in [1.29, 1.82) is 10.5 Å². The van der Waals surface area contributed by atoms with Crippen molar-refractivity contribution in [2.75, 3.05) is 35.3 Å². The number of nitrogens with zero attached hydrogens (tertiary/aromatic N) is 4. The van der Waals surface area contributed by atoms with Crippen LogP contribution in [0.15, 0.2) is 45.9 Å². The third-order valence-corrected chi connectivity index (χ3v) is 6.36. The number of anilines is 4. The van der Waals surface area contributed by atoms with E-state index in [-0.39, 0.29) is 41.4 Å². The Morgan fingerprint density at radius 2 is 2.00 bits per heavy atom. The van der Waals surface area contributed by atoms with Crippen molar-refractivity contribution >= 4 is 50.8 Å². The van der Waals surface area contributed by atoms with E-state index in [1.807, 2.05) is 50.4 Å². The molecular weight excluding hydrogens is 566 g/mol. The summed E-state index contributed by atoms with van der Waals surface area (Å²) in [5.74, 6) is 0.639. The van der Waals surface area contributed by atoms with Crippen LogP contribution in [0.1, 0.15) is 35.2 Å². The maximum atomic E-state index is 12.6. The summed E-state index contributed by atoms with van der Waals surface area (Å²) in [6.07, 6.45) is 1.81. The molecule has 7 N–H and O–H groups in total. The quantitative estimate of drug-likeness (QED) is 0.200. The summed E-state index contributed by atoms with van der Waals surface area (Å²) < 4.78 is 12.2. The van der Waals surface area contributed by atoms with Gasteiger partial charge >= 0.3 is 0 Å². The van der Waals surface area contributed by atoms with Crippen molar-refractivity contribution in [3.05, 3.63) is 63.1 Å². The van der Waals surface area contributed by atoms with Crippen LogP contribution in [0.5, 0.6) is 11.5 Å². The second-order valence-corrected chi connectivity index (χ2v) is 9.17. The minimum atomic E-state index is -0.786. The van der Waals surface area contributed by atoms with Crippen LogP contribution in [0.25, 0.3) is 0 Å². The van der Waals surface area contributed by atoms with Crippen molar-refractivity contribution in [2.45, 2.75) is 19.9 Å². The van der Waals surface area contributed by atoms with Gasteiger partial charge in [-0.25, -0.2) is 9.98 Å². The molecular formula is C26H24BrN9O3. The molecule has 2 heterocycles. The lowest BCUT2D eigenvalue weighted by atomic mass is 9.95. The number of nitriles is 2. The number of guanidine groups is 1. The third kappa shape index (κ3) is 5.63. The number of aliphatic imine (C=N–C) groups is 1. The molecule has 198 valence electrons. The van der Waals surface area contributed by atoms with Gasteiger partial charge in [0, 0.05) is 11.3 Å². The van der Waals surface area contributed by atoms with E-state index in [4.69, 9.17) is 26.2 Å². The lowest BCUT2D eigenvalue weighted by molar-refractivity contribution is -0.118. The van der Waals surface area contributed by atoms with Crippen LogP contribution in [0.2, 0.25) is 0 Å². The van der Waals surface area contributed by atoms with Gasteiger partial charge in [0.15, 0.2) is 24.3 Å². The van der Waals surface area contributed by atoms with Gasteiger partial charge in [-0.1, -0.05) is 18.2 Å². The summed E-state index contributed by atoms with van der Waals surface area (Å²) in [4.78, 5) is 21.4. The number of para-hydroxylation sites is 1. The van der Waals surface area contributed by atoms with Crippen molar-refractivity contribution in [3.8, 4) is 23.8 Å². The smallest absolute Gasteiger partial charge is 0.262 e. The predicted molar refractivity (Wildman–Crippen MR) is 150 cm³/mol. The lowest BCUT2D eigenvalue weighted by Crippen LogP contribution is -2.32. The highest BCUT2D eigenvalue weighted by molar-refractivity contribution is 9.10. The van der Waals surface area contributed by atoms with Crippen molar-refractivity contribution < 1.29 is 14.3 Å². The molecule has 0 fully saturated rings. The summed E-state index contributed by atoms with van der Waals surface area (Å²) in [5.41, 5.74) is 15.0. The molecule has 39 heavy (non-hydrogen) atoms. The summed E-state index contributed by atoms with van der Waals surface area (Å²) in [5, 5.41) is 26.9. The molecule has 12 nitrogen and oxygen atoms in total. The van der Waals surface area contributed by atoms with E-state index in [2.05, 4.69) is 41.9 Å². The highest BCUT2D eigenvalue weighted by Crippen LogP contribution is 2.45. The number of pyridine rings is 1. The number of hydrogen-bond acceptors (Lipinski definition) is 11. The Morgan fingerprint density at radius 3 is 2.69 bits per heavy atom. The topological polar surface area (TPSA) is 196 Å². The van der Waals surface area contributed by atoms with Gasteiger partial charge in [-0.15, -0.1) is 0 Å². The number of aromatic nitrogens is 1. The molecule has 1 unspecified atom stereocenters. The average Bonchev–Trinajstić information content (AvgIpc) is 2.89. The van der Waals surface area contributed by atoms with Crippen molar-refractivity contribution in [3.63, 3.8) is 0 Å². The Labute approximate surface area is 232 Å². The standard InChI is InChI=1S/C26H24BrN9O3/c1-3-38-18-9-14(8-16(27)23(18)39-11-19(37)33-17-7-5-4-6-13(17)2)22-20-21(30)15(10-28)24(31)35-25(20)36-26(34-22)32-12-29/h4-9,22H,3,11H2,1-2H3,(H,33,37)(H6,30,31,32,34,35,36). The van der Waals surface area contributed by atoms with Gasteiger partial charge < -0.3 is 31.6 Å². The molecule has 4 rings (SSSR count). The first-order chi connectivity index (χ1) is 18.8. The molecule has 0 saturated heterocycles. The maximum Gasteiger partial charge on any atom is 0.262 e. The van der Waals surface area contributed by atoms with Gasteiger partial charge in [0.1, 0.15) is 29.3 Å². The monoisotopic (exact) mass is 589 g/mol. The highest BCUT2D eigenvalue weighted by Gasteiger charge is 2.31. The number of nitrogen functional groups attached to an aromatic ring is 2. The molecule has 0 bridgehead atoms. The molecule has 2 aromatic carbocycles. The zero-order valence-electron chi connectivity index (χ0n) is 21.0. The Hall–Kier alpha value is -5.01. The molecule has 3 aromatic rings. The zero-order valence-corrected chi connectivity index (χ0v) is 22.6. The number of benzene rings is 2. The second-order valence-electron chi connectivity index (χ2n) is 8.32. The van der Waals surface area contributed by atoms with Gasteiger partial charge in [-0.3, -0.25) is 10.1 Å². The molecule has 1 aromatic heterocycles. The van der Waals surface area contributed by atoms with E-state index in [0.717, 1.165) is 5.56 Å². The Bertz CT molecular complexity index is 1560. The van der Waals surface area contributed by atoms with Crippen LogP contribution in [-0.2, 0) is 4.79 Å². The number of nitrogens with one attached hydrogen (secondary N) is 3. The number of hydrogen-bond donors (Lipinski definition) is 5. The normalized spacial score (nSPS) is 13.6. The van der Waals surface area contributed by atoms with Gasteiger partial charge in [-0.05, 0) is 59.1 Å². The SMILES string of the molecule is CCOc1cc(C2N=C(NC#N)Nc3nc(N)c(C#N)c(N)c32)cc(Br)c1OCC(=O)Nc1ccccc1C. The Balaban J connectivity index is 1.70. The summed E-state index contributed by atoms with van der Waals surface area (Å²) >= 11 is 3.52. The number of ether oxygens (including phenoxy) is 2. The average molecular weight is 590 g/mol. The fourth-order valence-corrected chi connectivity index (χ4v) is 4.58. The van der Waals surface area contributed by atoms with E-state index in [1.165, 1.54) is 0 Å². The van der Waals surface area contributed by atoms with Crippen LogP contribution in [0.4, 0.5) is 23.0 Å². The fourth-order valence-electron chi connectivity index (χ4n) is 4.01. The van der Waals surface area contributed by atoms with Crippen LogP contribution in [0.3, 0.4) is 0 Å². The molecule has 13 heteroatoms. The van der Waals surface area contributed by atoms with Gasteiger partial charge in [0.05, 0.1) is 16.8 Å². The van der Waals surface area contributed by atoms with Crippen molar-refractivity contribution in [2.24, 2.45) is 4.99 Å². The molecule has 0 spiro atoms. The second kappa shape index (κ2) is 11.6. The highest BCUT2D eigenvalue weighted by atomic mass is 79.9. The van der Waals surface area contributed by atoms with Crippen LogP contribution >= 0.6 is 15.9 Å². The van der Waals surface area contributed by atoms with Crippen LogP contribution in [0, 0.1) is 29.7 Å². The van der Waals surface area contributed by atoms with Crippen molar-refractivity contribution in [1.82, 2.24) is 10.3 Å². The number of carbonyl (C=O) groups is 1. The molecule has 1 amide bonds. The first-order valence-corrected chi connectivity index (χ1v) is 12.5. The number of carbonyl (C=O) groups excluding carboxylic acids is 1. The zero-order chi connectivity index (χ0) is 28.1. The number of aryl methyl sites for hydroxylation is 1. The Morgan fingerprint density at radius 1 is 1.23 bits per heavy atom. The minimum Gasteiger partial charge on any atom is -0.490 e. The van der Waals surface area contributed by atoms with E-state index >= 15 is 0 Å². The number of halogens is 1. The molecule has 1 aliphatic rings. The van der Waals surface area contributed by atoms with Gasteiger partial charge in [0.25, 0.3) is 5.91 Å². The van der Waals surface area contributed by atoms with Crippen LogP contribution in [-0.4, -0.2) is 30.1 Å². The fraction of sp³-hybridized carbons (Fsp3) is 0.192. The summed E-state index contributed by atoms with van der Waals surface area (Å²) in [6.45, 7) is 3.76. The number of fused-ring (bicyclic) bond motifs is 1. The summed E-state index contributed by atoms with van der Waals surface area (Å²) in [6, 6.07) is 12.0. The van der Waals surface area contributed by atoms with Gasteiger partial charge in [-0.2, -0.15) is 10.5 Å². The lowest BCUT2D eigenvalue weighted by Gasteiger charge is -2.27. The molecule has 1 aliphatic heterocycles. The Kier molecular flexibility index (Phi) is 8.03. The maximum absolute atomic E-state index is 12.6. The molecule has 0 saturated carbocycles. The number of rotatable bonds is 7. The van der Waals surface area contributed by atoms with E-state index in [1.54, 1.807) is 12.1 Å². The number of amides is 1. The molecule has 0 radical (unpaired) electrons. The van der Waals surface area contributed by atoms with E-state index in [9.17, 15) is 10.1 Å². The molecule has 0 aliphatic carbocycles. The minimum absolute atomic E-state index is 0.0242. The van der Waals surface area contributed by atoms with E-state index < -0.39 is 6.04 Å². The third-order valence-electron chi connectivity index (χ3n) is 5.77. The van der Waals surface area contributed by atoms with E-state index in [0.29, 0.717) is 39.4 Å². The largest absolute Gasteiger partial charge is 0.490 e. The van der Waals surface area contributed by atoms with Gasteiger partial charge in [0.2, 0.25) is 5.96 Å². The predicted octanol–water partition coefficient (Wildman–Crippen LogP) is 3.55. The summed E-state index contributed by atoms with van der Waals surface area (Å²) in [7, 11) is 0. The number of nitrogens with two attached hydrogens (primary N) is 2. The first kappa shape index (κ1) is 27.0. The first-order valence-electron chi connectivity index (χ1n) is 11.7.